The van der Waals surface area contributed by atoms with Crippen molar-refractivity contribution in [1.82, 2.24) is 15.5 Å². The molecule has 6 nitrogen and oxygen atoms in total. The Morgan fingerprint density at radius 1 is 1.08 bits per heavy atom. The molecule has 1 heterocycles. The molecule has 0 aliphatic rings. The first-order valence-electron chi connectivity index (χ1n) is 8.77. The molecule has 0 bridgehead atoms. The maximum absolute atomic E-state index is 12.6. The third kappa shape index (κ3) is 5.62. The molecule has 0 saturated heterocycles. The molecule has 1 aromatic heterocycles. The highest BCUT2D eigenvalue weighted by Crippen LogP contribution is 2.26. The molecule has 26 heavy (non-hydrogen) atoms. The van der Waals surface area contributed by atoms with Crippen LogP contribution in [-0.4, -0.2) is 28.1 Å². The minimum Gasteiger partial charge on any atom is -0.344 e. The summed E-state index contributed by atoms with van der Waals surface area (Å²) in [5.74, 6) is -0.183. The van der Waals surface area contributed by atoms with Gasteiger partial charge in [-0.1, -0.05) is 68.9 Å². The fraction of sp³-hybridized carbons (Fsp3) is 0.474. The van der Waals surface area contributed by atoms with E-state index >= 15 is 0 Å². The van der Waals surface area contributed by atoms with Gasteiger partial charge in [0.05, 0.1) is 0 Å². The van der Waals surface area contributed by atoms with Crippen LogP contribution >= 0.6 is 11.3 Å². The molecule has 2 amide bonds. The monoisotopic (exact) mass is 374 g/mol. The van der Waals surface area contributed by atoms with Crippen molar-refractivity contribution in [3.05, 3.63) is 29.8 Å². The Morgan fingerprint density at radius 2 is 1.73 bits per heavy atom. The fourth-order valence-corrected chi connectivity index (χ4v) is 3.16. The molecule has 0 fully saturated rings. The first-order valence-corrected chi connectivity index (χ1v) is 9.58. The summed E-state index contributed by atoms with van der Waals surface area (Å²) in [6, 6.07) is 7.37. The van der Waals surface area contributed by atoms with Crippen LogP contribution in [-0.2, 0) is 9.59 Å². The number of amides is 2. The van der Waals surface area contributed by atoms with Gasteiger partial charge in [-0.05, 0) is 18.8 Å². The molecule has 1 unspecified atom stereocenters. The van der Waals surface area contributed by atoms with Gasteiger partial charge in [0.25, 0.3) is 0 Å². The molecule has 0 saturated carbocycles. The van der Waals surface area contributed by atoms with Crippen molar-refractivity contribution in [3.63, 3.8) is 0 Å². The van der Waals surface area contributed by atoms with Crippen LogP contribution in [0.4, 0.5) is 5.13 Å². The average Bonchev–Trinajstić information content (AvgIpc) is 3.00. The summed E-state index contributed by atoms with van der Waals surface area (Å²) in [5, 5.41) is 14.9. The SMILES string of the molecule is Cc1ccc(-c2nnc(NC(=O)C(NC(=O)CC(C)C)C(C)C)s2)cc1. The van der Waals surface area contributed by atoms with E-state index in [0.29, 0.717) is 11.6 Å². The molecule has 0 spiro atoms. The minimum absolute atomic E-state index is 0.0318. The summed E-state index contributed by atoms with van der Waals surface area (Å²) in [6.45, 7) is 9.76. The summed E-state index contributed by atoms with van der Waals surface area (Å²) >= 11 is 1.31. The van der Waals surface area contributed by atoms with E-state index in [-0.39, 0.29) is 23.7 Å². The van der Waals surface area contributed by atoms with E-state index in [9.17, 15) is 9.59 Å². The molecular weight excluding hydrogens is 348 g/mol. The molecule has 2 aromatic rings. The summed E-state index contributed by atoms with van der Waals surface area (Å²) < 4.78 is 0. The number of nitrogens with one attached hydrogen (secondary N) is 2. The molecule has 0 radical (unpaired) electrons. The number of nitrogens with zero attached hydrogens (tertiary/aromatic N) is 2. The van der Waals surface area contributed by atoms with E-state index in [2.05, 4.69) is 20.8 Å². The van der Waals surface area contributed by atoms with Gasteiger partial charge >= 0.3 is 0 Å². The van der Waals surface area contributed by atoms with E-state index in [1.54, 1.807) is 0 Å². The van der Waals surface area contributed by atoms with E-state index < -0.39 is 6.04 Å². The average molecular weight is 375 g/mol. The van der Waals surface area contributed by atoms with Gasteiger partial charge in [-0.15, -0.1) is 10.2 Å². The van der Waals surface area contributed by atoms with Gasteiger partial charge < -0.3 is 5.32 Å². The van der Waals surface area contributed by atoms with Crippen LogP contribution in [0, 0.1) is 18.8 Å². The second-order valence-electron chi connectivity index (χ2n) is 7.15. The van der Waals surface area contributed by atoms with Crippen molar-refractivity contribution in [2.45, 2.75) is 47.1 Å². The Labute approximate surface area is 158 Å². The number of rotatable bonds is 7. The lowest BCUT2D eigenvalue weighted by Gasteiger charge is -2.21. The maximum Gasteiger partial charge on any atom is 0.249 e. The van der Waals surface area contributed by atoms with Gasteiger partial charge in [0.2, 0.25) is 16.9 Å². The van der Waals surface area contributed by atoms with Gasteiger partial charge in [0.15, 0.2) is 0 Å². The first kappa shape index (κ1) is 20.0. The van der Waals surface area contributed by atoms with Crippen LogP contribution < -0.4 is 10.6 Å². The molecular formula is C19H26N4O2S. The summed E-state index contributed by atoms with van der Waals surface area (Å²) in [7, 11) is 0. The van der Waals surface area contributed by atoms with Crippen molar-refractivity contribution in [2.24, 2.45) is 11.8 Å². The van der Waals surface area contributed by atoms with Gasteiger partial charge in [-0.3, -0.25) is 14.9 Å². The number of carbonyl (C=O) groups excluding carboxylic acids is 2. The lowest BCUT2D eigenvalue weighted by atomic mass is 10.0. The predicted octanol–water partition coefficient (Wildman–Crippen LogP) is 3.64. The lowest BCUT2D eigenvalue weighted by Crippen LogP contribution is -2.47. The number of anilines is 1. The minimum atomic E-state index is -0.604. The van der Waals surface area contributed by atoms with Crippen LogP contribution in [0.15, 0.2) is 24.3 Å². The molecule has 1 atom stereocenters. The Hall–Kier alpha value is -2.28. The van der Waals surface area contributed by atoms with Crippen molar-refractivity contribution < 1.29 is 9.59 Å². The van der Waals surface area contributed by atoms with Crippen LogP contribution in [0.1, 0.15) is 39.7 Å². The number of benzene rings is 1. The van der Waals surface area contributed by atoms with Crippen molar-refractivity contribution in [3.8, 4) is 10.6 Å². The molecule has 0 aliphatic heterocycles. The largest absolute Gasteiger partial charge is 0.344 e. The number of hydrogen-bond donors (Lipinski definition) is 2. The van der Waals surface area contributed by atoms with Crippen LogP contribution in [0.25, 0.3) is 10.6 Å². The van der Waals surface area contributed by atoms with E-state index in [0.717, 1.165) is 10.6 Å². The highest BCUT2D eigenvalue weighted by Gasteiger charge is 2.25. The molecule has 7 heteroatoms. The van der Waals surface area contributed by atoms with Crippen LogP contribution in [0.3, 0.4) is 0 Å². The third-order valence-electron chi connectivity index (χ3n) is 3.81. The van der Waals surface area contributed by atoms with Crippen LogP contribution in [0.2, 0.25) is 0 Å². The zero-order valence-electron chi connectivity index (χ0n) is 15.9. The van der Waals surface area contributed by atoms with Crippen molar-refractivity contribution in [1.29, 1.82) is 0 Å². The Kier molecular flexibility index (Phi) is 6.85. The molecule has 140 valence electrons. The third-order valence-corrected chi connectivity index (χ3v) is 4.70. The highest BCUT2D eigenvalue weighted by atomic mass is 32.1. The molecule has 2 N–H and O–H groups in total. The topological polar surface area (TPSA) is 84.0 Å². The van der Waals surface area contributed by atoms with E-state index in [1.165, 1.54) is 16.9 Å². The predicted molar refractivity (Wildman–Crippen MR) is 105 cm³/mol. The fourth-order valence-electron chi connectivity index (χ4n) is 2.41. The van der Waals surface area contributed by atoms with Gasteiger partial charge in [0.1, 0.15) is 11.0 Å². The zero-order valence-corrected chi connectivity index (χ0v) is 16.7. The molecule has 0 aliphatic carbocycles. The normalized spacial score (nSPS) is 12.3. The van der Waals surface area contributed by atoms with E-state index in [4.69, 9.17) is 0 Å². The quantitative estimate of drug-likeness (QED) is 0.775. The van der Waals surface area contributed by atoms with Crippen molar-refractivity contribution in [2.75, 3.05) is 5.32 Å². The highest BCUT2D eigenvalue weighted by molar-refractivity contribution is 7.18. The first-order chi connectivity index (χ1) is 12.3. The Morgan fingerprint density at radius 3 is 2.31 bits per heavy atom. The van der Waals surface area contributed by atoms with Gasteiger partial charge in [0, 0.05) is 12.0 Å². The second-order valence-corrected chi connectivity index (χ2v) is 8.13. The number of carbonyl (C=O) groups is 2. The number of hydrogen-bond acceptors (Lipinski definition) is 5. The molecule has 1 aromatic carbocycles. The standard InChI is InChI=1S/C19H26N4O2S/c1-11(2)10-15(24)20-16(12(3)4)17(25)21-19-23-22-18(26-19)14-8-6-13(5)7-9-14/h6-9,11-12,16H,10H2,1-5H3,(H,20,24)(H,21,23,25). The summed E-state index contributed by atoms with van der Waals surface area (Å²) in [5.41, 5.74) is 2.13. The zero-order chi connectivity index (χ0) is 19.3. The van der Waals surface area contributed by atoms with Gasteiger partial charge in [-0.25, -0.2) is 0 Å². The van der Waals surface area contributed by atoms with E-state index in [1.807, 2.05) is 58.9 Å². The molecule has 2 rings (SSSR count). The Bertz CT molecular complexity index is 753. The smallest absolute Gasteiger partial charge is 0.249 e. The number of aryl methyl sites for hydroxylation is 1. The maximum atomic E-state index is 12.6. The van der Waals surface area contributed by atoms with Crippen LogP contribution in [0.5, 0.6) is 0 Å². The second kappa shape index (κ2) is 8.89. The van der Waals surface area contributed by atoms with Crippen molar-refractivity contribution >= 4 is 28.3 Å². The summed E-state index contributed by atoms with van der Waals surface area (Å²) in [4.78, 5) is 24.6. The lowest BCUT2D eigenvalue weighted by molar-refractivity contribution is -0.127. The number of aromatic nitrogens is 2. The Balaban J connectivity index is 2.05. The summed E-state index contributed by atoms with van der Waals surface area (Å²) in [6.07, 6.45) is 0.396. The van der Waals surface area contributed by atoms with Gasteiger partial charge in [-0.2, -0.15) is 0 Å².